The van der Waals surface area contributed by atoms with E-state index in [1.165, 1.54) is 4.90 Å². The topological polar surface area (TPSA) is 38.2 Å². The molecule has 1 aromatic carbocycles. The van der Waals surface area contributed by atoms with Gasteiger partial charge in [-0.05, 0) is 36.5 Å². The van der Waals surface area contributed by atoms with Gasteiger partial charge >= 0.3 is 12.2 Å². The molecule has 0 bridgehead atoms. The first-order valence-corrected chi connectivity index (χ1v) is 9.62. The van der Waals surface area contributed by atoms with E-state index < -0.39 is 11.7 Å². The van der Waals surface area contributed by atoms with E-state index in [0.29, 0.717) is 12.3 Å². The number of aryl methyl sites for hydroxylation is 1. The van der Waals surface area contributed by atoms with E-state index in [-0.39, 0.29) is 17.7 Å². The average molecular weight is 395 g/mol. The zero-order valence-electron chi connectivity index (χ0n) is 16.9. The van der Waals surface area contributed by atoms with Crippen LogP contribution in [-0.4, -0.2) is 23.6 Å². The molecule has 0 radical (unpaired) electrons. The summed E-state index contributed by atoms with van der Waals surface area (Å²) in [6.07, 6.45) is 0.431. The fourth-order valence-corrected chi connectivity index (χ4v) is 2.75. The Morgan fingerprint density at radius 1 is 1.18 bits per heavy atom. The van der Waals surface area contributed by atoms with Gasteiger partial charge in [0.2, 0.25) is 0 Å². The van der Waals surface area contributed by atoms with Crippen molar-refractivity contribution in [3.05, 3.63) is 41.6 Å². The lowest BCUT2D eigenvalue weighted by Gasteiger charge is -2.23. The highest BCUT2D eigenvalue weighted by atomic mass is 19.4. The number of hydrogen-bond donors (Lipinski definition) is 0. The maximum atomic E-state index is 13.5. The summed E-state index contributed by atoms with van der Waals surface area (Å²) in [6.45, 7) is 6.36. The molecule has 0 aliphatic rings. The zero-order valence-corrected chi connectivity index (χ0v) is 16.9. The molecule has 2 rings (SSSR count). The quantitative estimate of drug-likeness (QED) is 0.486. The van der Waals surface area contributed by atoms with Gasteiger partial charge in [-0.1, -0.05) is 45.7 Å². The smallest absolute Gasteiger partial charge is 0.421 e. The van der Waals surface area contributed by atoms with Crippen molar-refractivity contribution >= 4 is 11.5 Å². The van der Waals surface area contributed by atoms with E-state index in [1.54, 1.807) is 13.1 Å². The first-order chi connectivity index (χ1) is 13.2. The molecule has 0 spiro atoms. The molecular formula is C21H28F3N3O. The predicted molar refractivity (Wildman–Crippen MR) is 105 cm³/mol. The maximum absolute atomic E-state index is 13.5. The van der Waals surface area contributed by atoms with E-state index >= 15 is 0 Å². The van der Waals surface area contributed by atoms with Crippen molar-refractivity contribution in [3.8, 4) is 6.01 Å². The zero-order chi connectivity index (χ0) is 20.7. The van der Waals surface area contributed by atoms with Gasteiger partial charge in [0.25, 0.3) is 0 Å². The average Bonchev–Trinajstić information content (AvgIpc) is 2.65. The molecule has 0 aliphatic carbocycles. The molecule has 2 aromatic rings. The Morgan fingerprint density at radius 3 is 2.57 bits per heavy atom. The van der Waals surface area contributed by atoms with Crippen LogP contribution in [0.25, 0.3) is 0 Å². The lowest BCUT2D eigenvalue weighted by Crippen LogP contribution is -2.20. The van der Waals surface area contributed by atoms with Gasteiger partial charge in [-0.3, -0.25) is 0 Å². The third-order valence-electron chi connectivity index (χ3n) is 4.28. The molecule has 7 heteroatoms. The molecule has 0 unspecified atom stereocenters. The molecule has 1 heterocycles. The number of benzene rings is 1. The number of unbranched alkanes of at least 4 members (excludes halogenated alkanes) is 2. The van der Waals surface area contributed by atoms with E-state index in [4.69, 9.17) is 4.74 Å². The Labute approximate surface area is 164 Å². The molecule has 0 aliphatic heterocycles. The van der Waals surface area contributed by atoms with Crippen LogP contribution in [0.4, 0.5) is 24.7 Å². The van der Waals surface area contributed by atoms with Crippen LogP contribution >= 0.6 is 0 Å². The van der Waals surface area contributed by atoms with Gasteiger partial charge in [-0.15, -0.1) is 0 Å². The van der Waals surface area contributed by atoms with Gasteiger partial charge in [-0.2, -0.15) is 18.2 Å². The van der Waals surface area contributed by atoms with Crippen LogP contribution in [0.1, 0.15) is 51.2 Å². The standard InChI is InChI=1S/C21H28F3N3O/c1-5-6-7-9-16-10-8-11-17(12-16)27(4)19-18(21(22,23)24)13-25-20(26-19)28-14-15(2)3/h8,10-13,15H,5-7,9,14H2,1-4H3. The summed E-state index contributed by atoms with van der Waals surface area (Å²) >= 11 is 0. The second-order valence-corrected chi connectivity index (χ2v) is 7.28. The van der Waals surface area contributed by atoms with Gasteiger partial charge in [0.05, 0.1) is 6.61 Å². The van der Waals surface area contributed by atoms with E-state index in [0.717, 1.165) is 37.4 Å². The van der Waals surface area contributed by atoms with Gasteiger partial charge < -0.3 is 9.64 Å². The molecule has 0 saturated carbocycles. The number of hydrogen-bond acceptors (Lipinski definition) is 4. The Hall–Kier alpha value is -2.31. The fourth-order valence-electron chi connectivity index (χ4n) is 2.75. The van der Waals surface area contributed by atoms with Gasteiger partial charge in [0.15, 0.2) is 5.82 Å². The van der Waals surface area contributed by atoms with E-state index in [2.05, 4.69) is 16.9 Å². The number of ether oxygens (including phenoxy) is 1. The van der Waals surface area contributed by atoms with Crippen molar-refractivity contribution < 1.29 is 17.9 Å². The number of aromatic nitrogens is 2. The minimum absolute atomic E-state index is 0.0531. The van der Waals surface area contributed by atoms with E-state index in [1.807, 2.05) is 32.0 Å². The summed E-state index contributed by atoms with van der Waals surface area (Å²) in [5.74, 6) is -0.00108. The van der Waals surface area contributed by atoms with Crippen molar-refractivity contribution in [2.45, 2.75) is 52.6 Å². The van der Waals surface area contributed by atoms with E-state index in [9.17, 15) is 13.2 Å². The number of anilines is 2. The molecule has 4 nitrogen and oxygen atoms in total. The molecule has 154 valence electrons. The Balaban J connectivity index is 2.35. The van der Waals surface area contributed by atoms with Crippen molar-refractivity contribution in [3.63, 3.8) is 0 Å². The summed E-state index contributed by atoms with van der Waals surface area (Å²) in [5, 5.41) is 0. The normalized spacial score (nSPS) is 11.7. The minimum Gasteiger partial charge on any atom is -0.463 e. The molecule has 0 N–H and O–H groups in total. The second kappa shape index (κ2) is 9.75. The summed E-state index contributed by atoms with van der Waals surface area (Å²) in [5.41, 5.74) is 0.855. The number of alkyl halides is 3. The van der Waals surface area contributed by atoms with Crippen LogP contribution in [0.3, 0.4) is 0 Å². The number of nitrogens with zero attached hydrogens (tertiary/aromatic N) is 3. The highest BCUT2D eigenvalue weighted by Crippen LogP contribution is 2.37. The monoisotopic (exact) mass is 395 g/mol. The van der Waals surface area contributed by atoms with Crippen LogP contribution in [0.15, 0.2) is 30.5 Å². The lowest BCUT2D eigenvalue weighted by molar-refractivity contribution is -0.137. The van der Waals surface area contributed by atoms with Crippen molar-refractivity contribution in [2.75, 3.05) is 18.6 Å². The van der Waals surface area contributed by atoms with Crippen LogP contribution in [0.5, 0.6) is 6.01 Å². The Kier molecular flexibility index (Phi) is 7.66. The molecule has 0 fully saturated rings. The molecule has 0 amide bonds. The Bertz CT molecular complexity index is 763. The SMILES string of the molecule is CCCCCc1cccc(N(C)c2nc(OCC(C)C)ncc2C(F)(F)F)c1. The van der Waals surface area contributed by atoms with Crippen molar-refractivity contribution in [2.24, 2.45) is 5.92 Å². The third kappa shape index (κ3) is 6.11. The van der Waals surface area contributed by atoms with Crippen LogP contribution < -0.4 is 9.64 Å². The fraction of sp³-hybridized carbons (Fsp3) is 0.524. The van der Waals surface area contributed by atoms with Crippen molar-refractivity contribution in [1.29, 1.82) is 0 Å². The number of rotatable bonds is 9. The number of halogens is 3. The molecule has 1 aromatic heterocycles. The lowest BCUT2D eigenvalue weighted by atomic mass is 10.1. The first-order valence-electron chi connectivity index (χ1n) is 9.62. The van der Waals surface area contributed by atoms with Crippen LogP contribution in [0.2, 0.25) is 0 Å². The highest BCUT2D eigenvalue weighted by Gasteiger charge is 2.36. The summed E-state index contributed by atoms with van der Waals surface area (Å²) in [4.78, 5) is 9.25. The Morgan fingerprint density at radius 2 is 1.93 bits per heavy atom. The summed E-state index contributed by atoms with van der Waals surface area (Å²) in [7, 11) is 1.58. The summed E-state index contributed by atoms with van der Waals surface area (Å²) in [6, 6.07) is 7.49. The molecule has 0 atom stereocenters. The molecule has 28 heavy (non-hydrogen) atoms. The third-order valence-corrected chi connectivity index (χ3v) is 4.28. The van der Waals surface area contributed by atoms with Gasteiger partial charge in [-0.25, -0.2) is 4.98 Å². The maximum Gasteiger partial charge on any atom is 0.421 e. The largest absolute Gasteiger partial charge is 0.463 e. The van der Waals surface area contributed by atoms with Gasteiger partial charge in [0.1, 0.15) is 5.56 Å². The first kappa shape index (κ1) is 22.0. The highest BCUT2D eigenvalue weighted by molar-refractivity contribution is 5.63. The van der Waals surface area contributed by atoms with Crippen LogP contribution in [0, 0.1) is 5.92 Å². The predicted octanol–water partition coefficient (Wildman–Crippen LogP) is 6.03. The molecular weight excluding hydrogens is 367 g/mol. The van der Waals surface area contributed by atoms with Crippen LogP contribution in [-0.2, 0) is 12.6 Å². The summed E-state index contributed by atoms with van der Waals surface area (Å²) < 4.78 is 46.0. The van der Waals surface area contributed by atoms with Gasteiger partial charge in [0, 0.05) is 18.9 Å². The van der Waals surface area contributed by atoms with Crippen molar-refractivity contribution in [1.82, 2.24) is 9.97 Å². The minimum atomic E-state index is -4.56. The second-order valence-electron chi connectivity index (χ2n) is 7.28. The molecule has 0 saturated heterocycles.